The highest BCUT2D eigenvalue weighted by Gasteiger charge is 2.25. The van der Waals surface area contributed by atoms with Crippen molar-refractivity contribution in [2.24, 2.45) is 5.92 Å². The Kier molecular flexibility index (Phi) is 7.93. The molecule has 2 rings (SSSR count). The van der Waals surface area contributed by atoms with Crippen molar-refractivity contribution in [3.63, 3.8) is 0 Å². The van der Waals surface area contributed by atoms with Gasteiger partial charge in [-0.2, -0.15) is 0 Å². The van der Waals surface area contributed by atoms with Crippen LogP contribution in [0.15, 0.2) is 27.8 Å². The van der Waals surface area contributed by atoms with Crippen molar-refractivity contribution >= 4 is 40.6 Å². The fourth-order valence-corrected chi connectivity index (χ4v) is 3.44. The van der Waals surface area contributed by atoms with E-state index in [1.807, 2.05) is 20.8 Å². The van der Waals surface area contributed by atoms with Crippen molar-refractivity contribution in [1.82, 2.24) is 9.55 Å². The summed E-state index contributed by atoms with van der Waals surface area (Å²) in [5, 5.41) is 0.610. The highest BCUT2D eigenvalue weighted by Crippen LogP contribution is 2.24. The second kappa shape index (κ2) is 9.98. The normalized spacial score (nSPS) is 11.1. The van der Waals surface area contributed by atoms with Crippen molar-refractivity contribution in [2.45, 2.75) is 46.6 Å². The second-order valence-electron chi connectivity index (χ2n) is 7.30. The highest BCUT2D eigenvalue weighted by atomic mass is 35.5. The van der Waals surface area contributed by atoms with E-state index in [2.05, 4.69) is 4.98 Å². The lowest BCUT2D eigenvalue weighted by atomic mass is 10.1. The first-order valence-electron chi connectivity index (χ1n) is 9.56. The van der Waals surface area contributed by atoms with Gasteiger partial charge < -0.3 is 10.6 Å². The summed E-state index contributed by atoms with van der Waals surface area (Å²) in [6, 6.07) is 4.48. The first-order valence-corrected chi connectivity index (χ1v) is 10.3. The van der Waals surface area contributed by atoms with Crippen molar-refractivity contribution in [1.29, 1.82) is 0 Å². The molecule has 3 N–H and O–H groups in total. The zero-order valence-corrected chi connectivity index (χ0v) is 18.3. The number of aromatic amines is 1. The van der Waals surface area contributed by atoms with Crippen LogP contribution in [0.25, 0.3) is 0 Å². The van der Waals surface area contributed by atoms with Gasteiger partial charge in [-0.25, -0.2) is 4.79 Å². The summed E-state index contributed by atoms with van der Waals surface area (Å²) in [4.78, 5) is 41.7. The third kappa shape index (κ3) is 5.64. The number of rotatable bonds is 8. The molecule has 158 valence electrons. The molecule has 0 atom stereocenters. The van der Waals surface area contributed by atoms with Crippen LogP contribution in [0, 0.1) is 5.92 Å². The topological polar surface area (TPSA) is 101 Å². The molecule has 1 aromatic carbocycles. The molecule has 0 unspecified atom stereocenters. The molecule has 29 heavy (non-hydrogen) atoms. The maximum Gasteiger partial charge on any atom is 0.330 e. The summed E-state index contributed by atoms with van der Waals surface area (Å²) in [7, 11) is 0. The van der Waals surface area contributed by atoms with E-state index in [-0.39, 0.29) is 29.5 Å². The number of unbranched alkanes of at least 4 members (excludes halogenated alkanes) is 1. The van der Waals surface area contributed by atoms with E-state index in [4.69, 9.17) is 28.9 Å². The molecule has 0 aliphatic carbocycles. The summed E-state index contributed by atoms with van der Waals surface area (Å²) in [5.41, 5.74) is 5.10. The molecular weight excluding hydrogens is 415 g/mol. The number of carbonyl (C=O) groups excluding carboxylic acids is 1. The predicted molar refractivity (Wildman–Crippen MR) is 118 cm³/mol. The molecule has 0 bridgehead atoms. The number of anilines is 2. The number of nitrogens with zero attached hydrogens (tertiary/aromatic N) is 2. The largest absolute Gasteiger partial charge is 0.383 e. The highest BCUT2D eigenvalue weighted by molar-refractivity contribution is 6.35. The number of nitrogens with one attached hydrogen (secondary N) is 1. The quantitative estimate of drug-likeness (QED) is 0.648. The fraction of sp³-hybridized carbons (Fsp3) is 0.450. The van der Waals surface area contributed by atoms with Crippen LogP contribution in [0.3, 0.4) is 0 Å². The molecule has 0 saturated heterocycles. The number of hydrogen-bond donors (Lipinski definition) is 2. The first-order chi connectivity index (χ1) is 13.6. The lowest BCUT2D eigenvalue weighted by Gasteiger charge is -2.25. The van der Waals surface area contributed by atoms with Crippen LogP contribution in [0.1, 0.15) is 50.4 Å². The number of hydrogen-bond acceptors (Lipinski definition) is 4. The van der Waals surface area contributed by atoms with Gasteiger partial charge in [0, 0.05) is 28.7 Å². The molecule has 0 fully saturated rings. The number of nitrogens with two attached hydrogens (primary N) is 1. The van der Waals surface area contributed by atoms with Crippen LogP contribution in [-0.4, -0.2) is 22.0 Å². The second-order valence-corrected chi connectivity index (χ2v) is 8.17. The fourth-order valence-electron chi connectivity index (χ4n) is 2.91. The molecule has 0 radical (unpaired) electrons. The summed E-state index contributed by atoms with van der Waals surface area (Å²) < 4.78 is 1.29. The molecule has 1 amide bonds. The van der Waals surface area contributed by atoms with Crippen molar-refractivity contribution in [2.75, 3.05) is 17.2 Å². The zero-order chi connectivity index (χ0) is 21.7. The van der Waals surface area contributed by atoms with Crippen molar-refractivity contribution in [3.8, 4) is 0 Å². The molecule has 0 spiro atoms. The lowest BCUT2D eigenvalue weighted by Crippen LogP contribution is -2.42. The standard InChI is InChI=1S/C20H26Cl2N4O3/c1-4-5-7-26-17(23)16(18(27)24-20(26)29)25(8-6-12(2)3)19(28)13-9-14(21)11-15(22)10-13/h9-12H,4-8,23H2,1-3H3,(H,24,27,29). The zero-order valence-electron chi connectivity index (χ0n) is 16.8. The lowest BCUT2D eigenvalue weighted by molar-refractivity contribution is 0.0985. The maximum atomic E-state index is 13.3. The SMILES string of the molecule is CCCCn1c(N)c(N(CCC(C)C)C(=O)c2cc(Cl)cc(Cl)c2)c(=O)[nH]c1=O. The van der Waals surface area contributed by atoms with Crippen LogP contribution in [-0.2, 0) is 6.54 Å². The number of benzene rings is 1. The number of nitrogen functional groups attached to an aromatic ring is 1. The average molecular weight is 441 g/mol. The summed E-state index contributed by atoms with van der Waals surface area (Å²) in [6.45, 7) is 6.60. The van der Waals surface area contributed by atoms with E-state index in [1.54, 1.807) is 0 Å². The number of H-pyrrole nitrogens is 1. The Labute approximate surface area is 179 Å². The van der Waals surface area contributed by atoms with Crippen LogP contribution < -0.4 is 21.9 Å². The molecule has 0 aliphatic heterocycles. The van der Waals surface area contributed by atoms with E-state index < -0.39 is 17.2 Å². The summed E-state index contributed by atoms with van der Waals surface area (Å²) in [6.07, 6.45) is 2.18. The Balaban J connectivity index is 2.62. The molecule has 0 saturated carbocycles. The Morgan fingerprint density at radius 2 is 1.83 bits per heavy atom. The van der Waals surface area contributed by atoms with Gasteiger partial charge in [0.15, 0.2) is 5.69 Å². The molecule has 0 aliphatic rings. The van der Waals surface area contributed by atoms with Crippen LogP contribution in [0.5, 0.6) is 0 Å². The maximum absolute atomic E-state index is 13.3. The van der Waals surface area contributed by atoms with Gasteiger partial charge >= 0.3 is 5.69 Å². The Morgan fingerprint density at radius 3 is 2.38 bits per heavy atom. The van der Waals surface area contributed by atoms with Gasteiger partial charge in [0.05, 0.1) is 0 Å². The smallest absolute Gasteiger partial charge is 0.330 e. The number of aromatic nitrogens is 2. The van der Waals surface area contributed by atoms with Crippen LogP contribution >= 0.6 is 23.2 Å². The van der Waals surface area contributed by atoms with Gasteiger partial charge in [0.2, 0.25) is 0 Å². The Morgan fingerprint density at radius 1 is 1.21 bits per heavy atom. The molecule has 9 heteroatoms. The van der Waals surface area contributed by atoms with Gasteiger partial charge in [-0.05, 0) is 37.0 Å². The van der Waals surface area contributed by atoms with Crippen LogP contribution in [0.2, 0.25) is 10.0 Å². The van der Waals surface area contributed by atoms with E-state index in [0.29, 0.717) is 29.4 Å². The van der Waals surface area contributed by atoms with Gasteiger partial charge in [-0.3, -0.25) is 19.1 Å². The van der Waals surface area contributed by atoms with Crippen molar-refractivity contribution in [3.05, 3.63) is 54.6 Å². The number of amides is 1. The molecule has 1 aromatic heterocycles. The van der Waals surface area contributed by atoms with E-state index in [9.17, 15) is 14.4 Å². The summed E-state index contributed by atoms with van der Waals surface area (Å²) in [5.74, 6) is -0.218. The third-order valence-corrected chi connectivity index (χ3v) is 4.94. The van der Waals surface area contributed by atoms with Crippen LogP contribution in [0.4, 0.5) is 11.5 Å². The molecule has 1 heterocycles. The van der Waals surface area contributed by atoms with Gasteiger partial charge in [0.1, 0.15) is 5.82 Å². The monoisotopic (exact) mass is 440 g/mol. The number of carbonyl (C=O) groups is 1. The van der Waals surface area contributed by atoms with E-state index in [1.165, 1.54) is 27.7 Å². The molecule has 7 nitrogen and oxygen atoms in total. The minimum atomic E-state index is -0.703. The summed E-state index contributed by atoms with van der Waals surface area (Å²) >= 11 is 12.1. The van der Waals surface area contributed by atoms with Gasteiger partial charge in [-0.15, -0.1) is 0 Å². The third-order valence-electron chi connectivity index (χ3n) is 4.50. The van der Waals surface area contributed by atoms with Gasteiger partial charge in [-0.1, -0.05) is 50.4 Å². The number of halogens is 2. The molecular formula is C20H26Cl2N4O3. The van der Waals surface area contributed by atoms with E-state index in [0.717, 1.165) is 6.42 Å². The Hall–Kier alpha value is -2.25. The Bertz CT molecular complexity index is 978. The predicted octanol–water partition coefficient (Wildman–Crippen LogP) is 3.92. The van der Waals surface area contributed by atoms with Crippen molar-refractivity contribution < 1.29 is 4.79 Å². The van der Waals surface area contributed by atoms with E-state index >= 15 is 0 Å². The minimum absolute atomic E-state index is 0.0302. The first kappa shape index (κ1) is 23.0. The molecule has 2 aromatic rings. The van der Waals surface area contributed by atoms with Gasteiger partial charge in [0.25, 0.3) is 11.5 Å². The minimum Gasteiger partial charge on any atom is -0.383 e. The average Bonchev–Trinajstić information content (AvgIpc) is 2.62.